The van der Waals surface area contributed by atoms with Crippen LogP contribution in [0.25, 0.3) is 10.9 Å². The molecule has 1 fully saturated rings. The number of carbonyl (C=O) groups excluding carboxylic acids is 2. The highest BCUT2D eigenvalue weighted by Crippen LogP contribution is 2.27. The minimum absolute atomic E-state index is 0.00306. The molecule has 0 saturated carbocycles. The van der Waals surface area contributed by atoms with E-state index in [0.717, 1.165) is 35.7 Å². The van der Waals surface area contributed by atoms with Crippen molar-refractivity contribution in [3.8, 4) is 0 Å². The highest BCUT2D eigenvalue weighted by atomic mass is 16.4. The van der Waals surface area contributed by atoms with Gasteiger partial charge < -0.3 is 37.2 Å². The molecule has 0 spiro atoms. The van der Waals surface area contributed by atoms with E-state index in [1.54, 1.807) is 6.07 Å². The summed E-state index contributed by atoms with van der Waals surface area (Å²) < 4.78 is 1.97. The van der Waals surface area contributed by atoms with Crippen LogP contribution in [0.2, 0.25) is 0 Å². The fourth-order valence-corrected chi connectivity index (χ4v) is 5.06. The molecule has 0 bridgehead atoms. The molecule has 202 valence electrons. The summed E-state index contributed by atoms with van der Waals surface area (Å²) in [6.07, 6.45) is 3.86. The molecule has 38 heavy (non-hydrogen) atoms. The summed E-state index contributed by atoms with van der Waals surface area (Å²) in [5, 5.41) is 16.1. The summed E-state index contributed by atoms with van der Waals surface area (Å²) in [7, 11) is 0. The third-order valence-electron chi connectivity index (χ3n) is 7.16. The smallest absolute Gasteiger partial charge is 0.270 e. The van der Waals surface area contributed by atoms with Crippen molar-refractivity contribution < 1.29 is 14.8 Å². The molecule has 0 atom stereocenters. The monoisotopic (exact) mass is 519 g/mol. The van der Waals surface area contributed by atoms with Crippen molar-refractivity contribution in [2.75, 3.05) is 31.5 Å². The van der Waals surface area contributed by atoms with Gasteiger partial charge in [-0.15, -0.1) is 0 Å². The number of hydrogen-bond acceptors (Lipinski definition) is 6. The van der Waals surface area contributed by atoms with Crippen molar-refractivity contribution in [3.05, 3.63) is 65.4 Å². The number of anilines is 1. The molecule has 2 heterocycles. The third-order valence-corrected chi connectivity index (χ3v) is 7.16. The van der Waals surface area contributed by atoms with Crippen LogP contribution in [-0.4, -0.2) is 58.5 Å². The van der Waals surface area contributed by atoms with Crippen molar-refractivity contribution in [1.29, 1.82) is 0 Å². The predicted molar refractivity (Wildman–Crippen MR) is 149 cm³/mol. The topological polar surface area (TPSA) is 165 Å². The normalized spacial score (nSPS) is 14.7. The minimum Gasteiger partial charge on any atom is -0.409 e. The molecule has 0 unspecified atom stereocenters. The molecule has 10 nitrogen and oxygen atoms in total. The molecular weight excluding hydrogens is 482 g/mol. The first-order valence-electron chi connectivity index (χ1n) is 13.1. The van der Waals surface area contributed by atoms with E-state index in [-0.39, 0.29) is 17.6 Å². The van der Waals surface area contributed by atoms with Crippen molar-refractivity contribution in [3.63, 3.8) is 0 Å². The van der Waals surface area contributed by atoms with Crippen molar-refractivity contribution >= 4 is 34.2 Å². The van der Waals surface area contributed by atoms with Gasteiger partial charge in [0.2, 0.25) is 5.91 Å². The first kappa shape index (κ1) is 27.2. The number of amidine groups is 1. The SMILES string of the molecule is NCCCC(=O)Nc1cccc(Cn2c(C(=O)N3CCC(CCN)CC3)cc3ccc(/C(N)=N/O)cc32)c1. The predicted octanol–water partition coefficient (Wildman–Crippen LogP) is 2.66. The Labute approximate surface area is 222 Å². The van der Waals surface area contributed by atoms with Crippen LogP contribution in [0.4, 0.5) is 5.69 Å². The second-order valence-corrected chi connectivity index (χ2v) is 9.83. The number of nitrogens with two attached hydrogens (primary N) is 3. The van der Waals surface area contributed by atoms with E-state index in [9.17, 15) is 14.8 Å². The molecule has 1 aromatic heterocycles. The van der Waals surface area contributed by atoms with E-state index in [4.69, 9.17) is 17.2 Å². The second-order valence-electron chi connectivity index (χ2n) is 9.83. The summed E-state index contributed by atoms with van der Waals surface area (Å²) in [5.74, 6) is 0.443. The standard InChI is InChI=1S/C28H37N7O3/c29-11-2-5-26(36)32-23-4-1-3-20(15-23)18-35-24-17-22(27(31)33-38)7-6-21(24)16-25(35)28(37)34-13-9-19(8-12-30)10-14-34/h1,3-4,6-7,15-17,19,38H,2,5,8-14,18,29-30H2,(H2,31,33)(H,32,36). The number of benzene rings is 2. The van der Waals surface area contributed by atoms with Crippen LogP contribution in [-0.2, 0) is 11.3 Å². The summed E-state index contributed by atoms with van der Waals surface area (Å²) in [6.45, 7) is 2.93. The zero-order valence-electron chi connectivity index (χ0n) is 21.6. The quantitative estimate of drug-likeness (QED) is 0.120. The van der Waals surface area contributed by atoms with Gasteiger partial charge in [0, 0.05) is 48.2 Å². The maximum absolute atomic E-state index is 13.8. The molecule has 0 radical (unpaired) electrons. The van der Waals surface area contributed by atoms with Crippen LogP contribution >= 0.6 is 0 Å². The molecular formula is C28H37N7O3. The second kappa shape index (κ2) is 12.6. The summed E-state index contributed by atoms with van der Waals surface area (Å²) >= 11 is 0. The number of rotatable bonds is 10. The van der Waals surface area contributed by atoms with Gasteiger partial charge in [0.25, 0.3) is 5.91 Å². The Bertz CT molecular complexity index is 1310. The van der Waals surface area contributed by atoms with Gasteiger partial charge in [0.15, 0.2) is 5.84 Å². The Balaban J connectivity index is 1.66. The van der Waals surface area contributed by atoms with Gasteiger partial charge in [-0.1, -0.05) is 29.4 Å². The van der Waals surface area contributed by atoms with E-state index in [0.29, 0.717) is 68.4 Å². The number of likely N-dealkylation sites (tertiary alicyclic amines) is 1. The van der Waals surface area contributed by atoms with E-state index in [1.165, 1.54) is 0 Å². The summed E-state index contributed by atoms with van der Waals surface area (Å²) in [5.41, 5.74) is 20.7. The largest absolute Gasteiger partial charge is 0.409 e. The Morgan fingerprint density at radius 2 is 1.84 bits per heavy atom. The Morgan fingerprint density at radius 1 is 1.05 bits per heavy atom. The fraction of sp³-hybridized carbons (Fsp3) is 0.393. The van der Waals surface area contributed by atoms with Gasteiger partial charge in [0.05, 0.1) is 0 Å². The highest BCUT2D eigenvalue weighted by molar-refractivity contribution is 6.03. The molecule has 8 N–H and O–H groups in total. The number of piperidine rings is 1. The summed E-state index contributed by atoms with van der Waals surface area (Å²) in [6, 6.07) is 15.0. The Kier molecular flexibility index (Phi) is 8.98. The van der Waals surface area contributed by atoms with Gasteiger partial charge in [-0.3, -0.25) is 9.59 Å². The molecule has 0 aliphatic carbocycles. The maximum Gasteiger partial charge on any atom is 0.270 e. The van der Waals surface area contributed by atoms with Crippen LogP contribution in [0.1, 0.15) is 53.7 Å². The van der Waals surface area contributed by atoms with Crippen molar-refractivity contribution in [2.45, 2.75) is 38.6 Å². The van der Waals surface area contributed by atoms with Crippen molar-refractivity contribution in [2.24, 2.45) is 28.3 Å². The first-order chi connectivity index (χ1) is 18.4. The van der Waals surface area contributed by atoms with E-state index >= 15 is 0 Å². The lowest BCUT2D eigenvalue weighted by molar-refractivity contribution is -0.116. The molecule has 10 heteroatoms. The minimum atomic E-state index is -0.0867. The Hall–Kier alpha value is -3.89. The third kappa shape index (κ3) is 6.32. The fourth-order valence-electron chi connectivity index (χ4n) is 5.06. The van der Waals surface area contributed by atoms with Crippen LogP contribution < -0.4 is 22.5 Å². The first-order valence-corrected chi connectivity index (χ1v) is 13.1. The molecule has 1 aliphatic rings. The van der Waals surface area contributed by atoms with Crippen molar-refractivity contribution in [1.82, 2.24) is 9.47 Å². The van der Waals surface area contributed by atoms with Gasteiger partial charge in [-0.05, 0) is 74.5 Å². The number of amides is 2. The molecule has 4 rings (SSSR count). The van der Waals surface area contributed by atoms with E-state index < -0.39 is 0 Å². The Morgan fingerprint density at radius 3 is 2.55 bits per heavy atom. The van der Waals surface area contributed by atoms with Gasteiger partial charge in [0.1, 0.15) is 5.69 Å². The van der Waals surface area contributed by atoms with Gasteiger partial charge >= 0.3 is 0 Å². The lowest BCUT2D eigenvalue weighted by atomic mass is 9.93. The highest BCUT2D eigenvalue weighted by Gasteiger charge is 2.26. The van der Waals surface area contributed by atoms with Crippen LogP contribution in [0.3, 0.4) is 0 Å². The molecule has 2 amide bonds. The number of nitrogens with one attached hydrogen (secondary N) is 1. The lowest BCUT2D eigenvalue weighted by Gasteiger charge is -2.32. The van der Waals surface area contributed by atoms with E-state index in [1.807, 2.05) is 51.9 Å². The van der Waals surface area contributed by atoms with Gasteiger partial charge in [-0.25, -0.2) is 0 Å². The number of oxime groups is 1. The number of nitrogens with zero attached hydrogens (tertiary/aromatic N) is 3. The number of hydrogen-bond donors (Lipinski definition) is 5. The summed E-state index contributed by atoms with van der Waals surface area (Å²) in [4.78, 5) is 27.9. The zero-order chi connectivity index (χ0) is 27.1. The molecule has 1 saturated heterocycles. The van der Waals surface area contributed by atoms with Crippen LogP contribution in [0.5, 0.6) is 0 Å². The van der Waals surface area contributed by atoms with Crippen LogP contribution in [0, 0.1) is 5.92 Å². The zero-order valence-corrected chi connectivity index (χ0v) is 21.6. The number of fused-ring (bicyclic) bond motifs is 1. The van der Waals surface area contributed by atoms with Gasteiger partial charge in [-0.2, -0.15) is 0 Å². The van der Waals surface area contributed by atoms with Crippen LogP contribution in [0.15, 0.2) is 53.7 Å². The average molecular weight is 520 g/mol. The molecule has 1 aliphatic heterocycles. The lowest BCUT2D eigenvalue weighted by Crippen LogP contribution is -2.39. The average Bonchev–Trinajstić information content (AvgIpc) is 3.29. The number of carbonyl (C=O) groups is 2. The maximum atomic E-state index is 13.8. The van der Waals surface area contributed by atoms with E-state index in [2.05, 4.69) is 10.5 Å². The number of aromatic nitrogens is 1. The molecule has 2 aromatic carbocycles. The molecule has 3 aromatic rings.